The first-order chi connectivity index (χ1) is 12.1. The minimum Gasteiger partial charge on any atom is -0.383 e. The van der Waals surface area contributed by atoms with Crippen LogP contribution in [-0.2, 0) is 0 Å². The van der Waals surface area contributed by atoms with Crippen molar-refractivity contribution in [2.75, 3.05) is 5.73 Å². The highest BCUT2D eigenvalue weighted by molar-refractivity contribution is 7.08. The van der Waals surface area contributed by atoms with Crippen molar-refractivity contribution in [2.45, 2.75) is 0 Å². The van der Waals surface area contributed by atoms with Crippen LogP contribution in [0.2, 0.25) is 0 Å². The van der Waals surface area contributed by atoms with Gasteiger partial charge >= 0.3 is 0 Å². The van der Waals surface area contributed by atoms with Gasteiger partial charge in [-0.15, -0.1) is 5.10 Å². The number of nitrogens with zero attached hydrogens (tertiary/aromatic N) is 5. The molecule has 1 aromatic carbocycles. The Bertz CT molecular complexity index is 1040. The number of halogens is 2. The van der Waals surface area contributed by atoms with Gasteiger partial charge in [0.15, 0.2) is 17.5 Å². The molecule has 2 N–H and O–H groups in total. The number of tetrazole rings is 1. The average molecular weight is 356 g/mol. The van der Waals surface area contributed by atoms with Gasteiger partial charge in [0, 0.05) is 11.8 Å². The number of pyridine rings is 1. The molecule has 0 aliphatic carbocycles. The first-order valence-electron chi connectivity index (χ1n) is 7.16. The van der Waals surface area contributed by atoms with E-state index >= 15 is 0 Å². The second-order valence-electron chi connectivity index (χ2n) is 5.16. The van der Waals surface area contributed by atoms with E-state index in [1.165, 1.54) is 12.1 Å². The van der Waals surface area contributed by atoms with Crippen molar-refractivity contribution in [3.63, 3.8) is 0 Å². The molecule has 0 aliphatic heterocycles. The molecule has 25 heavy (non-hydrogen) atoms. The molecular weight excluding hydrogens is 346 g/mol. The molecule has 0 spiro atoms. The molecule has 0 aliphatic rings. The predicted octanol–water partition coefficient (Wildman–Crippen LogP) is 3.31. The van der Waals surface area contributed by atoms with Crippen LogP contribution in [0, 0.1) is 11.6 Å². The molecule has 3 aromatic heterocycles. The maximum absolute atomic E-state index is 14.1. The van der Waals surface area contributed by atoms with E-state index in [0.717, 1.165) is 21.9 Å². The monoisotopic (exact) mass is 356 g/mol. The summed E-state index contributed by atoms with van der Waals surface area (Å²) in [7, 11) is 0. The lowest BCUT2D eigenvalue weighted by molar-refractivity contribution is 0.501. The zero-order valence-electron chi connectivity index (χ0n) is 12.6. The van der Waals surface area contributed by atoms with E-state index in [-0.39, 0.29) is 17.3 Å². The molecule has 3 heterocycles. The van der Waals surface area contributed by atoms with Gasteiger partial charge in [-0.05, 0) is 51.0 Å². The van der Waals surface area contributed by atoms with Crippen LogP contribution >= 0.6 is 11.3 Å². The minimum atomic E-state index is -1.04. The number of aromatic nitrogens is 5. The molecule has 4 aromatic rings. The number of nitrogens with two attached hydrogens (primary N) is 1. The van der Waals surface area contributed by atoms with E-state index in [1.54, 1.807) is 23.6 Å². The summed E-state index contributed by atoms with van der Waals surface area (Å²) in [6.07, 6.45) is 1.64. The summed E-state index contributed by atoms with van der Waals surface area (Å²) in [5.41, 5.74) is 8.07. The smallest absolute Gasteiger partial charge is 0.190 e. The Morgan fingerprint density at radius 2 is 2.00 bits per heavy atom. The van der Waals surface area contributed by atoms with Crippen LogP contribution in [0.15, 0.2) is 47.3 Å². The lowest BCUT2D eigenvalue weighted by Crippen LogP contribution is -2.06. The summed E-state index contributed by atoms with van der Waals surface area (Å²) >= 11 is 1.55. The zero-order valence-corrected chi connectivity index (χ0v) is 13.4. The quantitative estimate of drug-likeness (QED) is 0.609. The molecule has 0 amide bonds. The fraction of sp³-hybridized carbons (Fsp3) is 0. The molecule has 0 fully saturated rings. The highest BCUT2D eigenvalue weighted by atomic mass is 32.1. The van der Waals surface area contributed by atoms with Gasteiger partial charge in [-0.1, -0.05) is 6.07 Å². The van der Waals surface area contributed by atoms with Crippen LogP contribution < -0.4 is 5.73 Å². The molecule has 0 unspecified atom stereocenters. The van der Waals surface area contributed by atoms with Crippen molar-refractivity contribution in [3.8, 4) is 28.2 Å². The van der Waals surface area contributed by atoms with Gasteiger partial charge in [0.2, 0.25) is 0 Å². The van der Waals surface area contributed by atoms with Gasteiger partial charge in [-0.3, -0.25) is 0 Å². The number of benzene rings is 1. The fourth-order valence-corrected chi connectivity index (χ4v) is 3.08. The second kappa shape index (κ2) is 6.02. The van der Waals surface area contributed by atoms with Crippen LogP contribution in [0.4, 0.5) is 14.6 Å². The maximum atomic E-state index is 14.1. The third kappa shape index (κ3) is 2.64. The third-order valence-electron chi connectivity index (χ3n) is 3.64. The highest BCUT2D eigenvalue weighted by Crippen LogP contribution is 2.30. The average Bonchev–Trinajstić information content (AvgIpc) is 3.29. The topological polar surface area (TPSA) is 82.5 Å². The van der Waals surface area contributed by atoms with Crippen LogP contribution in [0.5, 0.6) is 0 Å². The Hall–Kier alpha value is -3.20. The molecule has 0 saturated carbocycles. The number of hydrogen-bond donors (Lipinski definition) is 1. The van der Waals surface area contributed by atoms with E-state index in [4.69, 9.17) is 5.73 Å². The largest absolute Gasteiger partial charge is 0.383 e. The second-order valence-corrected chi connectivity index (χ2v) is 5.94. The normalized spacial score (nSPS) is 11.0. The molecule has 4 rings (SSSR count). The van der Waals surface area contributed by atoms with Gasteiger partial charge in [-0.2, -0.15) is 16.0 Å². The summed E-state index contributed by atoms with van der Waals surface area (Å²) in [5.74, 6) is -1.67. The number of rotatable bonds is 3. The van der Waals surface area contributed by atoms with E-state index in [2.05, 4.69) is 20.5 Å². The predicted molar refractivity (Wildman–Crippen MR) is 90.0 cm³/mol. The number of thiophene rings is 1. The molecule has 9 heteroatoms. The van der Waals surface area contributed by atoms with E-state index in [0.29, 0.717) is 5.56 Å². The summed E-state index contributed by atoms with van der Waals surface area (Å²) in [6, 6.07) is 7.49. The summed E-state index contributed by atoms with van der Waals surface area (Å²) in [4.78, 5) is 4.17. The van der Waals surface area contributed by atoms with Crippen molar-refractivity contribution in [2.24, 2.45) is 0 Å². The van der Waals surface area contributed by atoms with E-state index in [1.807, 2.05) is 16.8 Å². The highest BCUT2D eigenvalue weighted by Gasteiger charge is 2.19. The van der Waals surface area contributed by atoms with Crippen molar-refractivity contribution in [3.05, 3.63) is 58.9 Å². The van der Waals surface area contributed by atoms with Crippen molar-refractivity contribution in [1.29, 1.82) is 0 Å². The Morgan fingerprint density at radius 3 is 2.80 bits per heavy atom. The molecule has 124 valence electrons. The van der Waals surface area contributed by atoms with Crippen LogP contribution in [0.3, 0.4) is 0 Å². The zero-order chi connectivity index (χ0) is 17.4. The lowest BCUT2D eigenvalue weighted by atomic mass is 10.1. The molecule has 0 bridgehead atoms. The summed E-state index contributed by atoms with van der Waals surface area (Å²) in [6.45, 7) is 0. The van der Waals surface area contributed by atoms with Gasteiger partial charge in [0.25, 0.3) is 0 Å². The number of hydrogen-bond acceptors (Lipinski definition) is 6. The summed E-state index contributed by atoms with van der Waals surface area (Å²) < 4.78 is 28.8. The molecule has 0 saturated heterocycles. The van der Waals surface area contributed by atoms with E-state index < -0.39 is 11.6 Å². The Balaban J connectivity index is 1.89. The van der Waals surface area contributed by atoms with Gasteiger partial charge in [0.1, 0.15) is 11.5 Å². The number of nitrogen functional groups attached to an aromatic ring is 1. The van der Waals surface area contributed by atoms with Gasteiger partial charge < -0.3 is 5.73 Å². The van der Waals surface area contributed by atoms with Crippen LogP contribution in [0.25, 0.3) is 28.2 Å². The van der Waals surface area contributed by atoms with Gasteiger partial charge in [0.05, 0.1) is 5.56 Å². The van der Waals surface area contributed by atoms with Crippen LogP contribution in [-0.4, -0.2) is 25.2 Å². The lowest BCUT2D eigenvalue weighted by Gasteiger charge is -2.09. The number of anilines is 1. The standard InChI is InChI=1S/C16H10F2N6S/c17-12-2-1-3-13(14(12)18)24-16(21-22-23-24)11-6-10(7-20-15(11)19)9-4-5-25-8-9/h1-8H,(H2,19,20). The Morgan fingerprint density at radius 1 is 1.12 bits per heavy atom. The van der Waals surface area contributed by atoms with Crippen molar-refractivity contribution < 1.29 is 8.78 Å². The molecule has 6 nitrogen and oxygen atoms in total. The van der Waals surface area contributed by atoms with Crippen LogP contribution in [0.1, 0.15) is 0 Å². The van der Waals surface area contributed by atoms with Gasteiger partial charge in [-0.25, -0.2) is 13.8 Å². The Labute approximate surface area is 144 Å². The minimum absolute atomic E-state index is 0.111. The molecular formula is C16H10F2N6S. The molecule has 0 atom stereocenters. The third-order valence-corrected chi connectivity index (χ3v) is 4.33. The molecule has 0 radical (unpaired) electrons. The maximum Gasteiger partial charge on any atom is 0.190 e. The summed E-state index contributed by atoms with van der Waals surface area (Å²) in [5, 5.41) is 15.2. The first kappa shape index (κ1) is 15.3. The first-order valence-corrected chi connectivity index (χ1v) is 8.10. The van der Waals surface area contributed by atoms with Crippen molar-refractivity contribution >= 4 is 17.2 Å². The SMILES string of the molecule is Nc1ncc(-c2ccsc2)cc1-c1nnnn1-c1cccc(F)c1F. The Kier molecular flexibility index (Phi) is 3.69. The fourth-order valence-electron chi connectivity index (χ4n) is 2.41. The van der Waals surface area contributed by atoms with Crippen molar-refractivity contribution in [1.82, 2.24) is 25.2 Å². The van der Waals surface area contributed by atoms with E-state index in [9.17, 15) is 8.78 Å².